The molecule has 18 heavy (non-hydrogen) atoms. The number of nitrogens with zero attached hydrogens (tertiary/aromatic N) is 2. The fraction of sp³-hybridized carbons (Fsp3) is 0.154. The molecule has 0 bridgehead atoms. The van der Waals surface area contributed by atoms with E-state index in [4.69, 9.17) is 16.3 Å². The van der Waals surface area contributed by atoms with Gasteiger partial charge in [-0.3, -0.25) is 4.79 Å². The summed E-state index contributed by atoms with van der Waals surface area (Å²) in [6, 6.07) is 5.39. The lowest BCUT2D eigenvalue weighted by Crippen LogP contribution is -1.98. The highest BCUT2D eigenvalue weighted by molar-refractivity contribution is 6.31. The minimum absolute atomic E-state index is 0.0301. The molecule has 0 spiro atoms. The normalized spacial score (nSPS) is 10.2. The number of aromatic nitrogens is 2. The Kier molecular flexibility index (Phi) is 3.58. The molecule has 0 fully saturated rings. The number of hydrogen-bond acceptors (Lipinski definition) is 4. The van der Waals surface area contributed by atoms with E-state index in [1.165, 1.54) is 14.0 Å². The fourth-order valence-corrected chi connectivity index (χ4v) is 1.80. The van der Waals surface area contributed by atoms with Crippen molar-refractivity contribution < 1.29 is 9.53 Å². The number of benzene rings is 1. The van der Waals surface area contributed by atoms with Crippen molar-refractivity contribution in [1.82, 2.24) is 9.97 Å². The molecule has 0 amide bonds. The average Bonchev–Trinajstić information content (AvgIpc) is 2.38. The molecule has 0 aliphatic rings. The molecule has 1 heterocycles. The van der Waals surface area contributed by atoms with Crippen LogP contribution in [0.15, 0.2) is 30.6 Å². The van der Waals surface area contributed by atoms with E-state index in [0.29, 0.717) is 10.6 Å². The van der Waals surface area contributed by atoms with Crippen molar-refractivity contribution in [3.05, 3.63) is 41.2 Å². The van der Waals surface area contributed by atoms with Gasteiger partial charge in [-0.2, -0.15) is 0 Å². The standard InChI is InChI=1S/C13H11ClN2O2/c1-8(17)11-4-3-10(14)5-12(11)9-6-15-13(18-2)16-7-9/h3-7H,1-2H3. The predicted octanol–water partition coefficient (Wildman–Crippen LogP) is 3.01. The lowest BCUT2D eigenvalue weighted by molar-refractivity contribution is 0.101. The minimum atomic E-state index is -0.0301. The lowest BCUT2D eigenvalue weighted by atomic mass is 10.00. The van der Waals surface area contributed by atoms with Crippen LogP contribution in [0.25, 0.3) is 11.1 Å². The second-order valence-corrected chi connectivity index (χ2v) is 4.14. The highest BCUT2D eigenvalue weighted by atomic mass is 35.5. The van der Waals surface area contributed by atoms with Crippen LogP contribution in [0.3, 0.4) is 0 Å². The minimum Gasteiger partial charge on any atom is -0.467 e. The molecule has 0 saturated carbocycles. The van der Waals surface area contributed by atoms with Gasteiger partial charge in [0.1, 0.15) is 0 Å². The molecule has 1 aromatic carbocycles. The third-order valence-corrected chi connectivity index (χ3v) is 2.72. The number of carbonyl (C=O) groups excluding carboxylic acids is 1. The summed E-state index contributed by atoms with van der Waals surface area (Å²) in [5.41, 5.74) is 2.04. The molecular weight excluding hydrogens is 252 g/mol. The molecule has 0 radical (unpaired) electrons. The fourth-order valence-electron chi connectivity index (χ4n) is 1.62. The Balaban J connectivity index is 2.54. The Bertz CT molecular complexity index is 582. The van der Waals surface area contributed by atoms with E-state index < -0.39 is 0 Å². The van der Waals surface area contributed by atoms with Gasteiger partial charge in [0.2, 0.25) is 0 Å². The van der Waals surface area contributed by atoms with Crippen molar-refractivity contribution in [3.63, 3.8) is 0 Å². The lowest BCUT2D eigenvalue weighted by Gasteiger charge is -2.07. The first kappa shape index (κ1) is 12.5. The molecule has 2 aromatic rings. The van der Waals surface area contributed by atoms with E-state index in [0.717, 1.165) is 11.1 Å². The quantitative estimate of drug-likeness (QED) is 0.798. The zero-order chi connectivity index (χ0) is 13.1. The van der Waals surface area contributed by atoms with Crippen molar-refractivity contribution in [2.24, 2.45) is 0 Å². The van der Waals surface area contributed by atoms with Gasteiger partial charge in [-0.05, 0) is 30.7 Å². The van der Waals surface area contributed by atoms with Gasteiger partial charge in [0.05, 0.1) is 7.11 Å². The summed E-state index contributed by atoms with van der Waals surface area (Å²) in [6.45, 7) is 1.51. The van der Waals surface area contributed by atoms with Crippen LogP contribution in [0.5, 0.6) is 6.01 Å². The van der Waals surface area contributed by atoms with Gasteiger partial charge in [0.25, 0.3) is 0 Å². The summed E-state index contributed by atoms with van der Waals surface area (Å²) in [7, 11) is 1.50. The van der Waals surface area contributed by atoms with Crippen LogP contribution < -0.4 is 4.74 Å². The SMILES string of the molecule is COc1ncc(-c2cc(Cl)ccc2C(C)=O)cn1. The van der Waals surface area contributed by atoms with Gasteiger partial charge in [0, 0.05) is 28.5 Å². The number of methoxy groups -OCH3 is 1. The highest BCUT2D eigenvalue weighted by Crippen LogP contribution is 2.27. The highest BCUT2D eigenvalue weighted by Gasteiger charge is 2.11. The van der Waals surface area contributed by atoms with Gasteiger partial charge in [-0.15, -0.1) is 0 Å². The molecule has 0 aliphatic heterocycles. The summed E-state index contributed by atoms with van der Waals surface area (Å²) in [5, 5.41) is 0.561. The maximum atomic E-state index is 11.6. The van der Waals surface area contributed by atoms with Gasteiger partial charge >= 0.3 is 6.01 Å². The number of halogens is 1. The van der Waals surface area contributed by atoms with Crippen LogP contribution in [0.4, 0.5) is 0 Å². The smallest absolute Gasteiger partial charge is 0.316 e. The van der Waals surface area contributed by atoms with Crippen molar-refractivity contribution in [2.75, 3.05) is 7.11 Å². The Morgan fingerprint density at radius 1 is 1.28 bits per heavy atom. The number of ketones is 1. The number of hydrogen-bond donors (Lipinski definition) is 0. The van der Waals surface area contributed by atoms with E-state index in [-0.39, 0.29) is 11.8 Å². The summed E-state index contributed by atoms with van der Waals surface area (Å²) in [6.07, 6.45) is 3.20. The summed E-state index contributed by atoms with van der Waals surface area (Å²) in [4.78, 5) is 19.6. The van der Waals surface area contributed by atoms with Crippen LogP contribution in [0.1, 0.15) is 17.3 Å². The Hall–Kier alpha value is -1.94. The molecule has 5 heteroatoms. The number of ether oxygens (including phenoxy) is 1. The van der Waals surface area contributed by atoms with Crippen LogP contribution in [0.2, 0.25) is 5.02 Å². The van der Waals surface area contributed by atoms with Crippen LogP contribution >= 0.6 is 11.6 Å². The first-order valence-corrected chi connectivity index (χ1v) is 5.66. The second kappa shape index (κ2) is 5.14. The molecule has 2 rings (SSSR count). The zero-order valence-corrected chi connectivity index (χ0v) is 10.7. The van der Waals surface area contributed by atoms with E-state index in [1.54, 1.807) is 30.6 Å². The Morgan fingerprint density at radius 2 is 1.94 bits per heavy atom. The molecular formula is C13H11ClN2O2. The number of carbonyl (C=O) groups is 1. The average molecular weight is 263 g/mol. The van der Waals surface area contributed by atoms with Crippen molar-refractivity contribution in [1.29, 1.82) is 0 Å². The van der Waals surface area contributed by atoms with Gasteiger partial charge in [0.15, 0.2) is 5.78 Å². The molecule has 0 N–H and O–H groups in total. The molecule has 92 valence electrons. The van der Waals surface area contributed by atoms with Gasteiger partial charge < -0.3 is 4.74 Å². The molecule has 0 atom stereocenters. The summed E-state index contributed by atoms with van der Waals surface area (Å²) < 4.78 is 4.89. The monoisotopic (exact) mass is 262 g/mol. The van der Waals surface area contributed by atoms with Gasteiger partial charge in [-0.1, -0.05) is 11.6 Å². The van der Waals surface area contributed by atoms with E-state index in [1.807, 2.05) is 0 Å². The van der Waals surface area contributed by atoms with Crippen LogP contribution in [0, 0.1) is 0 Å². The molecule has 0 saturated heterocycles. The topological polar surface area (TPSA) is 52.1 Å². The third kappa shape index (κ3) is 2.49. The largest absolute Gasteiger partial charge is 0.467 e. The molecule has 0 aliphatic carbocycles. The van der Waals surface area contributed by atoms with E-state index >= 15 is 0 Å². The third-order valence-electron chi connectivity index (χ3n) is 2.48. The second-order valence-electron chi connectivity index (χ2n) is 3.70. The van der Waals surface area contributed by atoms with E-state index in [2.05, 4.69) is 9.97 Å². The first-order valence-electron chi connectivity index (χ1n) is 5.28. The van der Waals surface area contributed by atoms with Crippen molar-refractivity contribution in [2.45, 2.75) is 6.92 Å². The molecule has 0 unspecified atom stereocenters. The number of rotatable bonds is 3. The summed E-state index contributed by atoms with van der Waals surface area (Å²) in [5.74, 6) is -0.0301. The Morgan fingerprint density at radius 3 is 2.50 bits per heavy atom. The molecule has 4 nitrogen and oxygen atoms in total. The maximum absolute atomic E-state index is 11.6. The summed E-state index contributed by atoms with van der Waals surface area (Å²) >= 11 is 5.95. The predicted molar refractivity (Wildman–Crippen MR) is 69.0 cm³/mol. The maximum Gasteiger partial charge on any atom is 0.316 e. The molecule has 1 aromatic heterocycles. The van der Waals surface area contributed by atoms with E-state index in [9.17, 15) is 4.79 Å². The number of Topliss-reactive ketones (excluding diaryl/α,β-unsaturated/α-hetero) is 1. The van der Waals surface area contributed by atoms with Crippen LogP contribution in [-0.2, 0) is 0 Å². The van der Waals surface area contributed by atoms with Crippen LogP contribution in [-0.4, -0.2) is 22.9 Å². The first-order chi connectivity index (χ1) is 8.61. The van der Waals surface area contributed by atoms with Gasteiger partial charge in [-0.25, -0.2) is 9.97 Å². The van der Waals surface area contributed by atoms with Crippen molar-refractivity contribution >= 4 is 17.4 Å². The van der Waals surface area contributed by atoms with Crippen molar-refractivity contribution in [3.8, 4) is 17.1 Å². The zero-order valence-electron chi connectivity index (χ0n) is 9.98. The Labute approximate surface area is 110 Å².